The van der Waals surface area contributed by atoms with Crippen LogP contribution in [0.25, 0.3) is 0 Å². The van der Waals surface area contributed by atoms with Gasteiger partial charge in [0.05, 0.1) is 0 Å². The molecule has 0 aromatic heterocycles. The Bertz CT molecular complexity index is 569. The van der Waals surface area contributed by atoms with Crippen LogP contribution in [0.4, 0.5) is 0 Å². The van der Waals surface area contributed by atoms with Crippen molar-refractivity contribution in [3.05, 3.63) is 91.0 Å². The van der Waals surface area contributed by atoms with Crippen molar-refractivity contribution in [1.29, 1.82) is 0 Å². The fraction of sp³-hybridized carbons (Fsp3) is 0.0526. The Kier molecular flexibility index (Phi) is 5.33. The van der Waals surface area contributed by atoms with Crippen LogP contribution in [0, 0.1) is 0 Å². The summed E-state index contributed by atoms with van der Waals surface area (Å²) in [6.07, 6.45) is 0. The molecule has 0 aliphatic rings. The van der Waals surface area contributed by atoms with E-state index in [1.807, 2.05) is 0 Å². The second-order valence-corrected chi connectivity index (χ2v) is 9.21. The van der Waals surface area contributed by atoms with Crippen LogP contribution in [-0.4, -0.2) is 6.66 Å². The van der Waals surface area contributed by atoms with Crippen molar-refractivity contribution in [2.45, 2.75) is 0 Å². The normalized spacial score (nSPS) is 11.5. The van der Waals surface area contributed by atoms with Gasteiger partial charge in [-0.25, -0.2) is 0 Å². The second-order valence-electron chi connectivity index (χ2n) is 5.22. The van der Waals surface area contributed by atoms with Crippen LogP contribution in [0.1, 0.15) is 0 Å². The summed E-state index contributed by atoms with van der Waals surface area (Å²) in [5.74, 6) is 0. The summed E-state index contributed by atoms with van der Waals surface area (Å²) in [5.41, 5.74) is 0. The van der Waals surface area contributed by atoms with Crippen molar-refractivity contribution < 1.29 is 0 Å². The van der Waals surface area contributed by atoms with Crippen LogP contribution in [0.3, 0.4) is 0 Å². The molecular formula is C19H20BrP. The molecule has 3 rings (SSSR count). The van der Waals surface area contributed by atoms with Crippen molar-refractivity contribution in [2.75, 3.05) is 6.66 Å². The molecule has 0 N–H and O–H groups in total. The van der Waals surface area contributed by atoms with Crippen LogP contribution in [0.2, 0.25) is 0 Å². The van der Waals surface area contributed by atoms with Crippen molar-refractivity contribution in [3.8, 4) is 0 Å². The van der Waals surface area contributed by atoms with Gasteiger partial charge in [-0.2, -0.15) is 0 Å². The van der Waals surface area contributed by atoms with Gasteiger partial charge in [0.25, 0.3) is 0 Å². The van der Waals surface area contributed by atoms with E-state index in [4.69, 9.17) is 0 Å². The van der Waals surface area contributed by atoms with Gasteiger partial charge in [0.2, 0.25) is 0 Å². The van der Waals surface area contributed by atoms with Crippen LogP contribution in [-0.2, 0) is 0 Å². The first-order valence-electron chi connectivity index (χ1n) is 6.98. The first kappa shape index (κ1) is 15.9. The van der Waals surface area contributed by atoms with Crippen LogP contribution >= 0.6 is 24.2 Å². The standard InChI is InChI=1S/C19H19P.BrH/c1-20(17-11-5-2-6-12-17,18-13-7-3-8-14-18)19-15-9-4-10-16-19;/h2-16,20H,1H3;1H. The van der Waals surface area contributed by atoms with Gasteiger partial charge in [-0.3, -0.25) is 0 Å². The van der Waals surface area contributed by atoms with Gasteiger partial charge in [0.1, 0.15) is 0 Å². The Balaban J connectivity index is 0.00000161. The Morgan fingerprint density at radius 3 is 0.952 bits per heavy atom. The third-order valence-electron chi connectivity index (χ3n) is 4.05. The van der Waals surface area contributed by atoms with E-state index in [1.165, 1.54) is 15.9 Å². The number of benzene rings is 3. The molecule has 0 heterocycles. The summed E-state index contributed by atoms with van der Waals surface area (Å²) in [5, 5.41) is 4.37. The van der Waals surface area contributed by atoms with Gasteiger partial charge in [-0.05, 0) is 0 Å². The topological polar surface area (TPSA) is 0 Å². The molecule has 2 heteroatoms. The molecule has 21 heavy (non-hydrogen) atoms. The fourth-order valence-corrected chi connectivity index (χ4v) is 6.39. The number of hydrogen-bond acceptors (Lipinski definition) is 0. The minimum absolute atomic E-state index is 0. The molecule has 0 bridgehead atoms. The molecular weight excluding hydrogens is 339 g/mol. The molecule has 0 amide bonds. The zero-order chi connectivity index (χ0) is 13.8. The average Bonchev–Trinajstić information content (AvgIpc) is 2.56. The molecule has 0 saturated carbocycles. The SMILES string of the molecule is Br.C[PH](c1ccccc1)(c1ccccc1)c1ccccc1. The van der Waals surface area contributed by atoms with Crippen molar-refractivity contribution in [1.82, 2.24) is 0 Å². The van der Waals surface area contributed by atoms with E-state index in [0.29, 0.717) is 0 Å². The van der Waals surface area contributed by atoms with Gasteiger partial charge in [-0.1, -0.05) is 0 Å². The molecule has 0 spiro atoms. The number of hydrogen-bond donors (Lipinski definition) is 0. The Morgan fingerprint density at radius 1 is 0.476 bits per heavy atom. The fourth-order valence-electron chi connectivity index (χ4n) is 2.81. The van der Waals surface area contributed by atoms with Gasteiger partial charge >= 0.3 is 121 Å². The summed E-state index contributed by atoms with van der Waals surface area (Å²) in [7, 11) is -1.88. The molecule has 0 radical (unpaired) electrons. The third kappa shape index (κ3) is 3.10. The van der Waals surface area contributed by atoms with Crippen molar-refractivity contribution in [3.63, 3.8) is 0 Å². The van der Waals surface area contributed by atoms with E-state index in [2.05, 4.69) is 97.7 Å². The zero-order valence-electron chi connectivity index (χ0n) is 12.1. The molecule has 3 aromatic carbocycles. The predicted molar refractivity (Wildman–Crippen MR) is 103 cm³/mol. The first-order chi connectivity index (χ1) is 9.82. The van der Waals surface area contributed by atoms with Gasteiger partial charge in [0.15, 0.2) is 0 Å². The third-order valence-corrected chi connectivity index (χ3v) is 8.52. The molecule has 0 fully saturated rings. The average molecular weight is 359 g/mol. The summed E-state index contributed by atoms with van der Waals surface area (Å²) >= 11 is 0. The Labute approximate surface area is 138 Å². The van der Waals surface area contributed by atoms with Gasteiger partial charge in [-0.15, -0.1) is 17.0 Å². The first-order valence-corrected chi connectivity index (χ1v) is 9.48. The molecule has 0 nitrogen and oxygen atoms in total. The number of halogens is 1. The predicted octanol–water partition coefficient (Wildman–Crippen LogP) is 3.92. The molecule has 0 aliphatic carbocycles. The molecule has 108 valence electrons. The van der Waals surface area contributed by atoms with E-state index in [9.17, 15) is 0 Å². The van der Waals surface area contributed by atoms with E-state index in [1.54, 1.807) is 0 Å². The van der Waals surface area contributed by atoms with E-state index in [-0.39, 0.29) is 17.0 Å². The molecule has 0 unspecified atom stereocenters. The van der Waals surface area contributed by atoms with Crippen LogP contribution in [0.15, 0.2) is 91.0 Å². The summed E-state index contributed by atoms with van der Waals surface area (Å²) < 4.78 is 0. The molecule has 3 aromatic rings. The monoisotopic (exact) mass is 358 g/mol. The van der Waals surface area contributed by atoms with Gasteiger partial charge in [0, 0.05) is 0 Å². The maximum absolute atomic E-state index is 2.44. The summed E-state index contributed by atoms with van der Waals surface area (Å²) in [6, 6.07) is 32.8. The summed E-state index contributed by atoms with van der Waals surface area (Å²) in [4.78, 5) is 0. The van der Waals surface area contributed by atoms with Gasteiger partial charge < -0.3 is 0 Å². The Hall–Kier alpha value is -1.43. The molecule has 0 atom stereocenters. The second kappa shape index (κ2) is 7.02. The zero-order valence-corrected chi connectivity index (χ0v) is 14.8. The Morgan fingerprint density at radius 2 is 0.714 bits per heavy atom. The van der Waals surface area contributed by atoms with E-state index in [0.717, 1.165) is 0 Å². The van der Waals surface area contributed by atoms with Crippen LogP contribution in [0.5, 0.6) is 0 Å². The van der Waals surface area contributed by atoms with Crippen molar-refractivity contribution in [2.24, 2.45) is 0 Å². The molecule has 0 saturated heterocycles. The quantitative estimate of drug-likeness (QED) is 0.622. The van der Waals surface area contributed by atoms with E-state index >= 15 is 0 Å². The number of rotatable bonds is 3. The maximum atomic E-state index is 2.44. The van der Waals surface area contributed by atoms with E-state index < -0.39 is 7.26 Å². The van der Waals surface area contributed by atoms with Crippen molar-refractivity contribution >= 4 is 40.2 Å². The summed E-state index contributed by atoms with van der Waals surface area (Å²) in [6.45, 7) is 2.44. The molecule has 0 aliphatic heterocycles. The minimum atomic E-state index is -1.88. The van der Waals surface area contributed by atoms with Crippen LogP contribution < -0.4 is 15.9 Å².